The van der Waals surface area contributed by atoms with Crippen LogP contribution in [0.5, 0.6) is 0 Å². The highest BCUT2D eigenvalue weighted by Crippen LogP contribution is 2.51. The third-order valence-electron chi connectivity index (χ3n) is 8.34. The molecule has 0 bridgehead atoms. The van der Waals surface area contributed by atoms with Crippen molar-refractivity contribution in [2.45, 2.75) is 29.3 Å². The van der Waals surface area contributed by atoms with Crippen LogP contribution in [0.2, 0.25) is 5.02 Å². The molecule has 47 heavy (non-hydrogen) atoms. The number of nitrogens with one attached hydrogen (secondary N) is 2. The Kier molecular flexibility index (Phi) is 7.77. The third kappa shape index (κ3) is 5.85. The second-order valence-corrected chi connectivity index (χ2v) is 14.2. The van der Waals surface area contributed by atoms with Crippen LogP contribution in [0.3, 0.4) is 0 Å². The van der Waals surface area contributed by atoms with Gasteiger partial charge in [-0.2, -0.15) is 18.3 Å². The number of anilines is 2. The Morgan fingerprint density at radius 1 is 0.936 bits per heavy atom. The Morgan fingerprint density at radius 2 is 1.66 bits per heavy atom. The van der Waals surface area contributed by atoms with Gasteiger partial charge in [0, 0.05) is 28.7 Å². The summed E-state index contributed by atoms with van der Waals surface area (Å²) < 4.78 is 70.8. The number of amides is 1. The zero-order valence-electron chi connectivity index (χ0n) is 24.1. The third-order valence-corrected chi connectivity index (χ3v) is 10.6. The number of aromatic nitrogens is 2. The fourth-order valence-electron chi connectivity index (χ4n) is 6.18. The molecule has 1 amide bonds. The number of fused-ring (bicyclic) bond motifs is 2. The molecule has 0 radical (unpaired) electrons. The summed E-state index contributed by atoms with van der Waals surface area (Å²) in [6.45, 7) is 0. The van der Waals surface area contributed by atoms with Crippen LogP contribution in [0.15, 0.2) is 112 Å². The molecule has 7 rings (SSSR count). The van der Waals surface area contributed by atoms with Crippen LogP contribution in [0, 0.1) is 0 Å². The van der Waals surface area contributed by atoms with Crippen molar-refractivity contribution in [3.63, 3.8) is 0 Å². The molecule has 1 aliphatic heterocycles. The van der Waals surface area contributed by atoms with Gasteiger partial charge in [0.1, 0.15) is 0 Å². The van der Waals surface area contributed by atoms with Gasteiger partial charge in [0.05, 0.1) is 38.4 Å². The van der Waals surface area contributed by atoms with Crippen LogP contribution in [0.1, 0.15) is 39.8 Å². The molecular formula is C34H23BrClF3N4O3S. The Morgan fingerprint density at radius 3 is 2.38 bits per heavy atom. The van der Waals surface area contributed by atoms with Gasteiger partial charge in [0.25, 0.3) is 10.0 Å². The molecular weight excluding hydrogens is 717 g/mol. The van der Waals surface area contributed by atoms with Crippen LogP contribution in [-0.2, 0) is 27.4 Å². The first kappa shape index (κ1) is 31.2. The molecule has 2 atom stereocenters. The quantitative estimate of drug-likeness (QED) is 0.175. The summed E-state index contributed by atoms with van der Waals surface area (Å²) in [6.07, 6.45) is -0.359. The maximum Gasteiger partial charge on any atom is 0.416 e. The molecule has 0 spiro atoms. The summed E-state index contributed by atoms with van der Waals surface area (Å²) in [6, 6.07) is 23.1. The van der Waals surface area contributed by atoms with Crippen molar-refractivity contribution in [3.8, 4) is 5.69 Å². The standard InChI is InChI=1S/C34H23BrClF3N4O3S/c35-28-18-40-43(24-11-7-22(36)8-12-24)30(28)16-20-15-19-3-1-2-4-26(19)31(20)32-27-17-25(13-14-29(27)41-33(32)44)47(45,46)42-23-9-5-21(6-10-23)34(37,38)39/h1-15,17-18,31-32,42H,16H2,(H,41,44). The van der Waals surface area contributed by atoms with Gasteiger partial charge >= 0.3 is 6.18 Å². The van der Waals surface area contributed by atoms with Crippen LogP contribution >= 0.6 is 27.5 Å². The second-order valence-electron chi connectivity index (χ2n) is 11.2. The zero-order valence-corrected chi connectivity index (χ0v) is 27.3. The highest BCUT2D eigenvalue weighted by Gasteiger charge is 2.43. The number of allylic oxidation sites excluding steroid dienone is 1. The predicted molar refractivity (Wildman–Crippen MR) is 177 cm³/mol. The molecule has 13 heteroatoms. The van der Waals surface area contributed by atoms with E-state index in [1.807, 2.05) is 41.1 Å². The lowest BCUT2D eigenvalue weighted by Gasteiger charge is -2.23. The Bertz CT molecular complexity index is 2180. The Hall–Kier alpha value is -4.39. The molecule has 4 aromatic carbocycles. The first-order valence-corrected chi connectivity index (χ1v) is 17.0. The van der Waals surface area contributed by atoms with E-state index in [0.29, 0.717) is 22.7 Å². The number of nitrogens with zero attached hydrogens (tertiary/aromatic N) is 2. The van der Waals surface area contributed by atoms with Gasteiger partial charge in [-0.3, -0.25) is 9.52 Å². The maximum atomic E-state index is 13.7. The predicted octanol–water partition coefficient (Wildman–Crippen LogP) is 8.57. The zero-order chi connectivity index (χ0) is 33.1. The van der Waals surface area contributed by atoms with Crippen LogP contribution in [0.4, 0.5) is 24.5 Å². The number of benzene rings is 4. The van der Waals surface area contributed by atoms with Gasteiger partial charge in [-0.05, 0) is 99.4 Å². The second kappa shape index (κ2) is 11.7. The minimum atomic E-state index is -4.55. The summed E-state index contributed by atoms with van der Waals surface area (Å²) >= 11 is 9.75. The van der Waals surface area contributed by atoms with E-state index in [9.17, 15) is 26.4 Å². The SMILES string of the molecule is O=C1Nc2ccc(S(=O)(=O)Nc3ccc(C(F)(F)F)cc3)cc2C1C1C(Cc2c(Br)cnn2-c2ccc(Cl)cc2)=Cc2ccccc21. The lowest BCUT2D eigenvalue weighted by atomic mass is 9.79. The van der Waals surface area contributed by atoms with Crippen molar-refractivity contribution >= 4 is 60.9 Å². The fourth-order valence-corrected chi connectivity index (χ4v) is 7.80. The van der Waals surface area contributed by atoms with Crippen molar-refractivity contribution in [2.24, 2.45) is 0 Å². The first-order chi connectivity index (χ1) is 22.4. The maximum absolute atomic E-state index is 13.7. The van der Waals surface area contributed by atoms with Crippen molar-refractivity contribution in [1.82, 2.24) is 9.78 Å². The summed E-state index contributed by atoms with van der Waals surface area (Å²) in [5.41, 5.74) is 4.56. The van der Waals surface area contributed by atoms with E-state index in [1.54, 1.807) is 18.3 Å². The largest absolute Gasteiger partial charge is 0.416 e. The van der Waals surface area contributed by atoms with Gasteiger partial charge in [0.2, 0.25) is 5.91 Å². The number of rotatable bonds is 7. The Labute approximate surface area is 281 Å². The van der Waals surface area contributed by atoms with E-state index in [4.69, 9.17) is 11.6 Å². The van der Waals surface area contributed by atoms with E-state index < -0.39 is 33.6 Å². The van der Waals surface area contributed by atoms with Gasteiger partial charge in [-0.25, -0.2) is 13.1 Å². The molecule has 0 saturated heterocycles. The minimum Gasteiger partial charge on any atom is -0.325 e. The van der Waals surface area contributed by atoms with Gasteiger partial charge in [-0.15, -0.1) is 0 Å². The smallest absolute Gasteiger partial charge is 0.325 e. The normalized spacial score (nSPS) is 17.2. The number of alkyl halides is 3. The number of hydrogen-bond donors (Lipinski definition) is 2. The Balaban J connectivity index is 1.24. The highest BCUT2D eigenvalue weighted by atomic mass is 79.9. The highest BCUT2D eigenvalue weighted by molar-refractivity contribution is 9.10. The van der Waals surface area contributed by atoms with Crippen LogP contribution in [0.25, 0.3) is 11.8 Å². The number of carbonyl (C=O) groups excluding carboxylic acids is 1. The molecule has 1 aliphatic carbocycles. The molecule has 0 saturated carbocycles. The fraction of sp³-hybridized carbons (Fsp3) is 0.118. The van der Waals surface area contributed by atoms with Crippen molar-refractivity contribution in [2.75, 3.05) is 10.0 Å². The molecule has 0 fully saturated rings. The monoisotopic (exact) mass is 738 g/mol. The lowest BCUT2D eigenvalue weighted by Crippen LogP contribution is -2.21. The van der Waals surface area contributed by atoms with E-state index in [-0.39, 0.29) is 16.5 Å². The van der Waals surface area contributed by atoms with Crippen molar-refractivity contribution in [1.29, 1.82) is 0 Å². The van der Waals surface area contributed by atoms with Crippen molar-refractivity contribution in [3.05, 3.63) is 140 Å². The van der Waals surface area contributed by atoms with E-state index in [1.165, 1.54) is 18.2 Å². The number of halogens is 5. The molecule has 5 aromatic rings. The molecule has 1 aromatic heterocycles. The molecule has 2 N–H and O–H groups in total. The van der Waals surface area contributed by atoms with Gasteiger partial charge in [-0.1, -0.05) is 47.5 Å². The van der Waals surface area contributed by atoms with E-state index in [2.05, 4.69) is 37.1 Å². The van der Waals surface area contributed by atoms with Crippen LogP contribution < -0.4 is 10.0 Å². The molecule has 2 aliphatic rings. The molecule has 238 valence electrons. The lowest BCUT2D eigenvalue weighted by molar-refractivity contribution is -0.137. The number of hydrogen-bond acceptors (Lipinski definition) is 4. The summed E-state index contributed by atoms with van der Waals surface area (Å²) in [5.74, 6) is -1.45. The van der Waals surface area contributed by atoms with Crippen molar-refractivity contribution < 1.29 is 26.4 Å². The van der Waals surface area contributed by atoms with E-state index >= 15 is 0 Å². The van der Waals surface area contributed by atoms with Gasteiger partial charge in [0.15, 0.2) is 0 Å². The summed E-state index contributed by atoms with van der Waals surface area (Å²) in [4.78, 5) is 13.6. The molecule has 2 heterocycles. The topological polar surface area (TPSA) is 93.1 Å². The minimum absolute atomic E-state index is 0.0259. The average molecular weight is 740 g/mol. The first-order valence-electron chi connectivity index (χ1n) is 14.3. The average Bonchev–Trinajstić information content (AvgIpc) is 3.68. The van der Waals surface area contributed by atoms with Crippen LogP contribution in [-0.4, -0.2) is 24.1 Å². The molecule has 2 unspecified atom stereocenters. The number of carbonyl (C=O) groups is 1. The number of sulfonamides is 1. The molecule has 7 nitrogen and oxygen atoms in total. The van der Waals surface area contributed by atoms with E-state index in [0.717, 1.165) is 56.8 Å². The van der Waals surface area contributed by atoms with Gasteiger partial charge < -0.3 is 5.32 Å². The summed E-state index contributed by atoms with van der Waals surface area (Å²) in [7, 11) is -4.22. The summed E-state index contributed by atoms with van der Waals surface area (Å²) in [5, 5.41) is 8.07.